The van der Waals surface area contributed by atoms with Crippen LogP contribution in [0, 0.1) is 0 Å². The minimum Gasteiger partial charge on any atom is -0.490 e. The van der Waals surface area contributed by atoms with E-state index in [0.717, 1.165) is 37.5 Å². The molecular formula is C19H26N2O2S. The molecule has 4 nitrogen and oxygen atoms in total. The van der Waals surface area contributed by atoms with Crippen molar-refractivity contribution in [2.24, 2.45) is 0 Å². The molecule has 1 heterocycles. The first-order valence-electron chi connectivity index (χ1n) is 8.49. The molecule has 0 aliphatic heterocycles. The van der Waals surface area contributed by atoms with Gasteiger partial charge in [-0.2, -0.15) is 0 Å². The highest BCUT2D eigenvalue weighted by atomic mass is 32.1. The summed E-state index contributed by atoms with van der Waals surface area (Å²) in [6, 6.07) is 11.7. The zero-order valence-electron chi connectivity index (χ0n) is 14.5. The summed E-state index contributed by atoms with van der Waals surface area (Å²) in [7, 11) is 0. The van der Waals surface area contributed by atoms with Crippen LogP contribution in [0.15, 0.2) is 41.8 Å². The molecule has 130 valence electrons. The molecule has 5 heteroatoms. The van der Waals surface area contributed by atoms with E-state index >= 15 is 0 Å². The predicted molar refractivity (Wildman–Crippen MR) is 101 cm³/mol. The number of ether oxygens (including phenoxy) is 1. The zero-order valence-corrected chi connectivity index (χ0v) is 15.3. The smallest absolute Gasteiger partial charge is 0.224 e. The maximum atomic E-state index is 12.2. The van der Waals surface area contributed by atoms with Crippen LogP contribution < -0.4 is 10.1 Å². The molecule has 0 aliphatic rings. The molecular weight excluding hydrogens is 320 g/mol. The molecule has 24 heavy (non-hydrogen) atoms. The fourth-order valence-electron chi connectivity index (χ4n) is 2.42. The lowest BCUT2D eigenvalue weighted by Gasteiger charge is -2.19. The Balaban J connectivity index is 1.84. The lowest BCUT2D eigenvalue weighted by molar-refractivity contribution is -0.116. The van der Waals surface area contributed by atoms with Crippen molar-refractivity contribution in [3.8, 4) is 5.75 Å². The summed E-state index contributed by atoms with van der Waals surface area (Å²) < 4.78 is 5.87. The number of para-hydroxylation sites is 2. The van der Waals surface area contributed by atoms with E-state index in [1.54, 1.807) is 11.3 Å². The van der Waals surface area contributed by atoms with Crippen molar-refractivity contribution in [2.45, 2.75) is 26.7 Å². The topological polar surface area (TPSA) is 41.6 Å². The van der Waals surface area contributed by atoms with Gasteiger partial charge in [-0.1, -0.05) is 32.0 Å². The molecule has 0 radical (unpaired) electrons. The monoisotopic (exact) mass is 346 g/mol. The average molecular weight is 346 g/mol. The third-order valence-electron chi connectivity index (χ3n) is 3.90. The van der Waals surface area contributed by atoms with Crippen LogP contribution in [0.2, 0.25) is 0 Å². The molecule has 0 atom stereocenters. The van der Waals surface area contributed by atoms with Crippen LogP contribution in [0.5, 0.6) is 5.75 Å². The van der Waals surface area contributed by atoms with E-state index in [9.17, 15) is 4.79 Å². The lowest BCUT2D eigenvalue weighted by Crippen LogP contribution is -2.28. The third kappa shape index (κ3) is 5.98. The van der Waals surface area contributed by atoms with E-state index in [-0.39, 0.29) is 5.91 Å². The van der Waals surface area contributed by atoms with Gasteiger partial charge in [0.2, 0.25) is 5.91 Å². The summed E-state index contributed by atoms with van der Waals surface area (Å²) in [5, 5.41) is 5.00. The van der Waals surface area contributed by atoms with Gasteiger partial charge in [0.05, 0.1) is 5.69 Å². The highest BCUT2D eigenvalue weighted by Crippen LogP contribution is 2.24. The Labute approximate surface area is 148 Å². The largest absolute Gasteiger partial charge is 0.490 e. The number of amides is 1. The minimum absolute atomic E-state index is 0.0168. The molecule has 0 saturated heterocycles. The Hall–Kier alpha value is -1.85. The first kappa shape index (κ1) is 18.5. The molecule has 0 bridgehead atoms. The predicted octanol–water partition coefficient (Wildman–Crippen LogP) is 4.04. The number of likely N-dealkylation sites (N-methyl/N-ethyl adjacent to an activating group) is 1. The molecule has 1 N–H and O–H groups in total. The summed E-state index contributed by atoms with van der Waals surface area (Å²) in [4.78, 5) is 15.7. The molecule has 0 fully saturated rings. The molecule has 1 aromatic carbocycles. The van der Waals surface area contributed by atoms with Gasteiger partial charge in [0, 0.05) is 17.8 Å². The highest BCUT2D eigenvalue weighted by Gasteiger charge is 2.09. The van der Waals surface area contributed by atoms with Crippen LogP contribution in [-0.2, 0) is 11.2 Å². The number of hydrogen-bond donors (Lipinski definition) is 1. The van der Waals surface area contributed by atoms with Crippen LogP contribution >= 0.6 is 11.3 Å². The van der Waals surface area contributed by atoms with Crippen molar-refractivity contribution < 1.29 is 9.53 Å². The van der Waals surface area contributed by atoms with Gasteiger partial charge in [-0.05, 0) is 43.1 Å². The van der Waals surface area contributed by atoms with E-state index in [0.29, 0.717) is 13.0 Å². The highest BCUT2D eigenvalue weighted by molar-refractivity contribution is 7.09. The van der Waals surface area contributed by atoms with Gasteiger partial charge in [-0.25, -0.2) is 0 Å². The molecule has 2 rings (SSSR count). The summed E-state index contributed by atoms with van der Waals surface area (Å²) in [5.74, 6) is 0.748. The lowest BCUT2D eigenvalue weighted by atomic mass is 10.2. The molecule has 0 unspecified atom stereocenters. The molecule has 0 aliphatic carbocycles. The summed E-state index contributed by atoms with van der Waals surface area (Å²) in [5.41, 5.74) is 0.744. The number of anilines is 1. The molecule has 0 spiro atoms. The number of nitrogens with zero attached hydrogens (tertiary/aromatic N) is 1. The second-order valence-corrected chi connectivity index (χ2v) is 6.53. The van der Waals surface area contributed by atoms with Crippen molar-refractivity contribution in [2.75, 3.05) is 31.6 Å². The fourth-order valence-corrected chi connectivity index (χ4v) is 3.13. The van der Waals surface area contributed by atoms with Gasteiger partial charge in [0.25, 0.3) is 0 Å². The van der Waals surface area contributed by atoms with Gasteiger partial charge in [0.15, 0.2) is 0 Å². The number of rotatable bonds is 10. The first-order chi connectivity index (χ1) is 11.7. The Morgan fingerprint density at radius 1 is 1.17 bits per heavy atom. The summed E-state index contributed by atoms with van der Waals surface area (Å²) in [6.45, 7) is 7.82. The molecule has 2 aromatic rings. The number of nitrogens with one attached hydrogen (secondary N) is 1. The Morgan fingerprint density at radius 2 is 1.96 bits per heavy atom. The van der Waals surface area contributed by atoms with Crippen molar-refractivity contribution in [3.05, 3.63) is 46.7 Å². The maximum Gasteiger partial charge on any atom is 0.224 e. The second kappa shape index (κ2) is 10.1. The van der Waals surface area contributed by atoms with Gasteiger partial charge in [-0.15, -0.1) is 11.3 Å². The number of thiophene rings is 1. The number of aryl methyl sites for hydroxylation is 1. The van der Waals surface area contributed by atoms with Gasteiger partial charge in [0.1, 0.15) is 12.4 Å². The van der Waals surface area contributed by atoms with Crippen LogP contribution in [-0.4, -0.2) is 37.0 Å². The first-order valence-corrected chi connectivity index (χ1v) is 9.37. The third-order valence-corrected chi connectivity index (χ3v) is 4.84. The Kier molecular flexibility index (Phi) is 7.79. The fraction of sp³-hybridized carbons (Fsp3) is 0.421. The average Bonchev–Trinajstić information content (AvgIpc) is 3.12. The van der Waals surface area contributed by atoms with Crippen molar-refractivity contribution >= 4 is 22.9 Å². The molecule has 1 amide bonds. The maximum absolute atomic E-state index is 12.2. The number of carbonyl (C=O) groups excluding carboxylic acids is 1. The van der Waals surface area contributed by atoms with Gasteiger partial charge < -0.3 is 15.0 Å². The normalized spacial score (nSPS) is 10.8. The van der Waals surface area contributed by atoms with Crippen LogP contribution in [0.4, 0.5) is 5.69 Å². The number of hydrogen-bond acceptors (Lipinski definition) is 4. The minimum atomic E-state index is 0.0168. The SMILES string of the molecule is CCN(CC)CCOc1ccccc1NC(=O)CCc1cccs1. The van der Waals surface area contributed by atoms with E-state index < -0.39 is 0 Å². The van der Waals surface area contributed by atoms with Crippen molar-refractivity contribution in [1.29, 1.82) is 0 Å². The van der Waals surface area contributed by atoms with Crippen LogP contribution in [0.25, 0.3) is 0 Å². The van der Waals surface area contributed by atoms with Crippen LogP contribution in [0.3, 0.4) is 0 Å². The summed E-state index contributed by atoms with van der Waals surface area (Å²) >= 11 is 1.68. The Bertz CT molecular complexity index is 610. The number of benzene rings is 1. The van der Waals surface area contributed by atoms with E-state index in [4.69, 9.17) is 4.74 Å². The number of carbonyl (C=O) groups is 1. The van der Waals surface area contributed by atoms with Gasteiger partial charge >= 0.3 is 0 Å². The van der Waals surface area contributed by atoms with E-state index in [1.807, 2.05) is 35.7 Å². The Morgan fingerprint density at radius 3 is 2.67 bits per heavy atom. The quantitative estimate of drug-likeness (QED) is 0.706. The van der Waals surface area contributed by atoms with Crippen molar-refractivity contribution in [3.63, 3.8) is 0 Å². The van der Waals surface area contributed by atoms with Crippen LogP contribution in [0.1, 0.15) is 25.1 Å². The van der Waals surface area contributed by atoms with E-state index in [2.05, 4.69) is 30.1 Å². The molecule has 0 saturated carbocycles. The molecule has 1 aromatic heterocycles. The van der Waals surface area contributed by atoms with Crippen molar-refractivity contribution in [1.82, 2.24) is 4.90 Å². The van der Waals surface area contributed by atoms with E-state index in [1.165, 1.54) is 4.88 Å². The zero-order chi connectivity index (χ0) is 17.2. The summed E-state index contributed by atoms with van der Waals surface area (Å²) in [6.07, 6.45) is 1.25. The standard InChI is InChI=1S/C19H26N2O2S/c1-3-21(4-2)13-14-23-18-10-6-5-9-17(18)20-19(22)12-11-16-8-7-15-24-16/h5-10,15H,3-4,11-14H2,1-2H3,(H,20,22). The second-order valence-electron chi connectivity index (χ2n) is 5.50. The van der Waals surface area contributed by atoms with Gasteiger partial charge in [-0.3, -0.25) is 4.79 Å².